The van der Waals surface area contributed by atoms with Gasteiger partial charge in [0.15, 0.2) is 0 Å². The largest absolute Gasteiger partial charge is 0.296 e. The third-order valence-electron chi connectivity index (χ3n) is 3.50. The fraction of sp³-hybridized carbons (Fsp3) is 0.786. The molecule has 1 aliphatic rings. The van der Waals surface area contributed by atoms with Crippen LogP contribution in [-0.2, 0) is 12.0 Å². The molecular weight excluding hydrogens is 247 g/mol. The normalized spacial score (nSPS) is 22.3. The summed E-state index contributed by atoms with van der Waals surface area (Å²) in [6, 6.07) is 0. The summed E-state index contributed by atoms with van der Waals surface area (Å²) < 4.78 is 12.7. The van der Waals surface area contributed by atoms with E-state index in [0.29, 0.717) is 0 Å². The van der Waals surface area contributed by atoms with E-state index >= 15 is 0 Å². The zero-order valence-corrected chi connectivity index (χ0v) is 12.4. The molecule has 2 heterocycles. The summed E-state index contributed by atoms with van der Waals surface area (Å²) in [6.45, 7) is 9.24. The number of nitrogens with zero attached hydrogens (tertiary/aromatic N) is 2. The van der Waals surface area contributed by atoms with Gasteiger partial charge < -0.3 is 0 Å². The molecular formula is C14H23FN2S. The van der Waals surface area contributed by atoms with Crippen LogP contribution in [-0.4, -0.2) is 29.6 Å². The maximum Gasteiger partial charge on any atom is 0.107 e. The Labute approximate surface area is 113 Å². The molecule has 1 atom stereocenters. The molecule has 0 aromatic carbocycles. The maximum absolute atomic E-state index is 12.7. The second-order valence-electron chi connectivity index (χ2n) is 6.27. The van der Waals surface area contributed by atoms with E-state index in [0.717, 1.165) is 32.5 Å². The van der Waals surface area contributed by atoms with Gasteiger partial charge in [-0.2, -0.15) is 0 Å². The van der Waals surface area contributed by atoms with Crippen molar-refractivity contribution in [2.24, 2.45) is 5.92 Å². The third kappa shape index (κ3) is 3.51. The SMILES string of the molecule is CC(C)(C)c1csc(CN2CCCC(CF)C2)n1. The number of rotatable bonds is 3. The van der Waals surface area contributed by atoms with Crippen LogP contribution in [0, 0.1) is 5.92 Å². The molecule has 1 unspecified atom stereocenters. The summed E-state index contributed by atoms with van der Waals surface area (Å²) in [7, 11) is 0. The molecule has 0 aliphatic carbocycles. The van der Waals surface area contributed by atoms with Gasteiger partial charge in [-0.3, -0.25) is 9.29 Å². The van der Waals surface area contributed by atoms with Gasteiger partial charge in [0.25, 0.3) is 0 Å². The molecule has 0 saturated carbocycles. The van der Waals surface area contributed by atoms with Crippen LogP contribution in [0.2, 0.25) is 0 Å². The highest BCUT2D eigenvalue weighted by Crippen LogP contribution is 2.25. The molecule has 2 rings (SSSR count). The van der Waals surface area contributed by atoms with Crippen molar-refractivity contribution in [3.63, 3.8) is 0 Å². The number of thiazole rings is 1. The first-order chi connectivity index (χ1) is 8.49. The zero-order chi connectivity index (χ0) is 13.2. The number of likely N-dealkylation sites (tertiary alicyclic amines) is 1. The topological polar surface area (TPSA) is 16.1 Å². The molecule has 1 aromatic heterocycles. The van der Waals surface area contributed by atoms with Crippen LogP contribution >= 0.6 is 11.3 Å². The van der Waals surface area contributed by atoms with E-state index in [-0.39, 0.29) is 18.0 Å². The highest BCUT2D eigenvalue weighted by atomic mass is 32.1. The maximum atomic E-state index is 12.7. The Balaban J connectivity index is 1.95. The average molecular weight is 270 g/mol. The Morgan fingerprint density at radius 2 is 2.28 bits per heavy atom. The van der Waals surface area contributed by atoms with Crippen molar-refractivity contribution in [1.29, 1.82) is 0 Å². The van der Waals surface area contributed by atoms with Crippen LogP contribution in [0.5, 0.6) is 0 Å². The standard InChI is InChI=1S/C14H23FN2S/c1-14(2,3)12-10-18-13(16-12)9-17-6-4-5-11(7-15)8-17/h10-11H,4-9H2,1-3H3. The fourth-order valence-electron chi connectivity index (χ4n) is 2.34. The minimum absolute atomic E-state index is 0.123. The lowest BCUT2D eigenvalue weighted by molar-refractivity contribution is 0.147. The molecule has 1 aromatic rings. The van der Waals surface area contributed by atoms with Crippen molar-refractivity contribution in [2.75, 3.05) is 19.8 Å². The zero-order valence-electron chi connectivity index (χ0n) is 11.6. The molecule has 0 amide bonds. The highest BCUT2D eigenvalue weighted by molar-refractivity contribution is 7.09. The van der Waals surface area contributed by atoms with Crippen molar-refractivity contribution in [3.05, 3.63) is 16.1 Å². The Bertz CT molecular complexity index is 383. The predicted molar refractivity (Wildman–Crippen MR) is 74.8 cm³/mol. The van der Waals surface area contributed by atoms with Gasteiger partial charge in [0.05, 0.1) is 18.9 Å². The van der Waals surface area contributed by atoms with Gasteiger partial charge in [0.1, 0.15) is 5.01 Å². The van der Waals surface area contributed by atoms with Gasteiger partial charge >= 0.3 is 0 Å². The molecule has 4 heteroatoms. The van der Waals surface area contributed by atoms with E-state index in [1.807, 2.05) is 0 Å². The molecule has 1 aliphatic heterocycles. The lowest BCUT2D eigenvalue weighted by atomic mass is 9.93. The summed E-state index contributed by atoms with van der Waals surface area (Å²) in [4.78, 5) is 7.06. The molecule has 18 heavy (non-hydrogen) atoms. The molecule has 102 valence electrons. The number of hydrogen-bond donors (Lipinski definition) is 0. The molecule has 1 fully saturated rings. The van der Waals surface area contributed by atoms with E-state index in [2.05, 4.69) is 31.1 Å². The van der Waals surface area contributed by atoms with Crippen molar-refractivity contribution < 1.29 is 4.39 Å². The Kier molecular flexibility index (Phi) is 4.38. The molecule has 1 saturated heterocycles. The highest BCUT2D eigenvalue weighted by Gasteiger charge is 2.22. The van der Waals surface area contributed by atoms with E-state index in [9.17, 15) is 4.39 Å². The van der Waals surface area contributed by atoms with Crippen LogP contribution in [0.15, 0.2) is 5.38 Å². The lowest BCUT2D eigenvalue weighted by Gasteiger charge is -2.30. The number of hydrogen-bond acceptors (Lipinski definition) is 3. The Hall–Kier alpha value is -0.480. The summed E-state index contributed by atoms with van der Waals surface area (Å²) in [6.07, 6.45) is 2.16. The van der Waals surface area contributed by atoms with Crippen molar-refractivity contribution >= 4 is 11.3 Å². The summed E-state index contributed by atoms with van der Waals surface area (Å²) >= 11 is 1.73. The quantitative estimate of drug-likeness (QED) is 0.834. The minimum atomic E-state index is -0.179. The van der Waals surface area contributed by atoms with E-state index in [1.54, 1.807) is 11.3 Å². The average Bonchev–Trinajstić information content (AvgIpc) is 2.77. The van der Waals surface area contributed by atoms with Crippen LogP contribution in [0.3, 0.4) is 0 Å². The molecule has 0 N–H and O–H groups in total. The lowest BCUT2D eigenvalue weighted by Crippen LogP contribution is -2.35. The van der Waals surface area contributed by atoms with Crippen molar-refractivity contribution in [2.45, 2.75) is 45.6 Å². The molecule has 0 bridgehead atoms. The Morgan fingerprint density at radius 1 is 1.50 bits per heavy atom. The number of piperidine rings is 1. The van der Waals surface area contributed by atoms with Crippen LogP contribution in [0.1, 0.15) is 44.3 Å². The van der Waals surface area contributed by atoms with E-state index < -0.39 is 0 Å². The molecule has 2 nitrogen and oxygen atoms in total. The fourth-order valence-corrected chi connectivity index (χ4v) is 3.40. The minimum Gasteiger partial charge on any atom is -0.296 e. The molecule has 0 radical (unpaired) electrons. The first-order valence-corrected chi connectivity index (χ1v) is 7.60. The van der Waals surface area contributed by atoms with Crippen LogP contribution < -0.4 is 0 Å². The third-order valence-corrected chi connectivity index (χ3v) is 4.33. The second-order valence-corrected chi connectivity index (χ2v) is 7.22. The van der Waals surface area contributed by atoms with Gasteiger partial charge in [0, 0.05) is 23.3 Å². The van der Waals surface area contributed by atoms with Gasteiger partial charge in [-0.15, -0.1) is 11.3 Å². The summed E-state index contributed by atoms with van der Waals surface area (Å²) in [5.74, 6) is 0.237. The van der Waals surface area contributed by atoms with Gasteiger partial charge in [-0.1, -0.05) is 20.8 Å². The second kappa shape index (κ2) is 5.66. The van der Waals surface area contributed by atoms with E-state index in [1.165, 1.54) is 10.7 Å². The summed E-state index contributed by atoms with van der Waals surface area (Å²) in [5, 5.41) is 3.32. The van der Waals surface area contributed by atoms with Crippen molar-refractivity contribution in [1.82, 2.24) is 9.88 Å². The first kappa shape index (κ1) is 13.9. The number of alkyl halides is 1. The molecule has 0 spiro atoms. The van der Waals surface area contributed by atoms with Gasteiger partial charge in [-0.05, 0) is 19.4 Å². The van der Waals surface area contributed by atoms with E-state index in [4.69, 9.17) is 4.98 Å². The van der Waals surface area contributed by atoms with Crippen LogP contribution in [0.4, 0.5) is 4.39 Å². The predicted octanol–water partition coefficient (Wildman–Crippen LogP) is 3.62. The van der Waals surface area contributed by atoms with Crippen molar-refractivity contribution in [3.8, 4) is 0 Å². The smallest absolute Gasteiger partial charge is 0.107 e. The monoisotopic (exact) mass is 270 g/mol. The van der Waals surface area contributed by atoms with Crippen LogP contribution in [0.25, 0.3) is 0 Å². The number of halogens is 1. The summed E-state index contributed by atoms with van der Waals surface area (Å²) in [5.41, 5.74) is 1.29. The Morgan fingerprint density at radius 3 is 2.89 bits per heavy atom. The number of aromatic nitrogens is 1. The van der Waals surface area contributed by atoms with Gasteiger partial charge in [-0.25, -0.2) is 4.98 Å². The van der Waals surface area contributed by atoms with Gasteiger partial charge in [0.2, 0.25) is 0 Å². The first-order valence-electron chi connectivity index (χ1n) is 6.72.